The average Bonchev–Trinajstić information content (AvgIpc) is 2.84. The number of quaternary nitrogens is 2. The second kappa shape index (κ2) is 8.02. The van der Waals surface area contributed by atoms with Crippen LogP contribution in [-0.2, 0) is 9.59 Å². The van der Waals surface area contributed by atoms with Gasteiger partial charge in [0.1, 0.15) is 5.69 Å². The molecule has 0 radical (unpaired) electrons. The summed E-state index contributed by atoms with van der Waals surface area (Å²) < 4.78 is 0. The molecule has 7 N–H and O–H groups in total. The minimum absolute atomic E-state index is 0.0876. The number of nitrogens with zero attached hydrogens (tertiary/aromatic N) is 1. The van der Waals surface area contributed by atoms with Gasteiger partial charge in [-0.15, -0.1) is 0 Å². The van der Waals surface area contributed by atoms with Crippen molar-refractivity contribution < 1.29 is 40.7 Å². The number of anilines is 1. The Morgan fingerprint density at radius 2 is 1.79 bits per heavy atom. The molecule has 0 heterocycles. The molecule has 160 valence electrons. The van der Waals surface area contributed by atoms with E-state index in [9.17, 15) is 35.4 Å². The zero-order valence-corrected chi connectivity index (χ0v) is 16.1. The Kier molecular flexibility index (Phi) is 6.27. The van der Waals surface area contributed by atoms with E-state index in [4.69, 9.17) is 5.21 Å². The minimum atomic E-state index is -1.42. The van der Waals surface area contributed by atoms with Gasteiger partial charge >= 0.3 is 11.9 Å². The van der Waals surface area contributed by atoms with Gasteiger partial charge in [-0.25, -0.2) is 15.2 Å². The van der Waals surface area contributed by atoms with E-state index in [1.165, 1.54) is 6.07 Å². The SMILES string of the molecule is CC1(C)[C@H](C(=O)O)CC[C@@]1(C)C(=NNc1ccc([NH+]([O-])O)cc1[NH+]([O-])O)C(=O)O. The third-order valence-electron chi connectivity index (χ3n) is 6.03. The Morgan fingerprint density at radius 1 is 1.17 bits per heavy atom. The van der Waals surface area contributed by atoms with Crippen molar-refractivity contribution in [1.29, 1.82) is 0 Å². The molecule has 1 saturated carbocycles. The maximum absolute atomic E-state index is 11.9. The van der Waals surface area contributed by atoms with Gasteiger partial charge in [-0.2, -0.15) is 15.6 Å². The summed E-state index contributed by atoms with van der Waals surface area (Å²) in [6.07, 6.45) is 0.548. The molecule has 2 rings (SSSR count). The van der Waals surface area contributed by atoms with Crippen LogP contribution in [0, 0.1) is 27.2 Å². The molecule has 1 fully saturated rings. The van der Waals surface area contributed by atoms with Crippen molar-refractivity contribution in [2.24, 2.45) is 21.8 Å². The second-order valence-corrected chi connectivity index (χ2v) is 7.73. The van der Waals surface area contributed by atoms with E-state index >= 15 is 0 Å². The van der Waals surface area contributed by atoms with Crippen molar-refractivity contribution >= 4 is 34.7 Å². The molecule has 0 amide bonds. The molecule has 0 bridgehead atoms. The summed E-state index contributed by atoms with van der Waals surface area (Å²) in [5.41, 5.74) is -0.670. The van der Waals surface area contributed by atoms with Gasteiger partial charge in [0.15, 0.2) is 17.1 Å². The Balaban J connectivity index is 2.46. The highest BCUT2D eigenvalue weighted by Crippen LogP contribution is 2.56. The minimum Gasteiger partial charge on any atom is -0.595 e. The first-order valence-electron chi connectivity index (χ1n) is 8.74. The van der Waals surface area contributed by atoms with Gasteiger partial charge in [0.25, 0.3) is 0 Å². The number of carboxylic acids is 2. The Morgan fingerprint density at radius 3 is 2.24 bits per heavy atom. The summed E-state index contributed by atoms with van der Waals surface area (Å²) in [7, 11) is 0. The molecule has 1 aliphatic carbocycles. The summed E-state index contributed by atoms with van der Waals surface area (Å²) in [5, 5.41) is 61.2. The summed E-state index contributed by atoms with van der Waals surface area (Å²) in [6.45, 7) is 4.96. The predicted octanol–water partition coefficient (Wildman–Crippen LogP) is -0.127. The summed E-state index contributed by atoms with van der Waals surface area (Å²) in [5.74, 6) is -3.14. The van der Waals surface area contributed by atoms with Gasteiger partial charge in [0.05, 0.1) is 12.0 Å². The van der Waals surface area contributed by atoms with Crippen molar-refractivity contribution in [3.05, 3.63) is 28.6 Å². The van der Waals surface area contributed by atoms with Crippen LogP contribution in [0.1, 0.15) is 33.6 Å². The van der Waals surface area contributed by atoms with Crippen LogP contribution in [0.4, 0.5) is 17.1 Å². The van der Waals surface area contributed by atoms with Gasteiger partial charge in [0.2, 0.25) is 0 Å². The van der Waals surface area contributed by atoms with Crippen molar-refractivity contribution in [2.75, 3.05) is 5.43 Å². The first kappa shape index (κ1) is 22.7. The van der Waals surface area contributed by atoms with Gasteiger partial charge in [0, 0.05) is 11.5 Å². The lowest BCUT2D eigenvalue weighted by Gasteiger charge is -2.39. The quantitative estimate of drug-likeness (QED) is 0.236. The van der Waals surface area contributed by atoms with Gasteiger partial charge in [-0.05, 0) is 24.3 Å². The third kappa shape index (κ3) is 4.07. The van der Waals surface area contributed by atoms with Crippen LogP contribution in [0.3, 0.4) is 0 Å². The molecule has 29 heavy (non-hydrogen) atoms. The molecule has 2 unspecified atom stereocenters. The Labute approximate surface area is 165 Å². The standard InChI is InChI=1S/C17H24N4O8/c1-16(2)10(14(22)23)6-7-17(16,3)13(15(24)25)19-18-11-5-4-9(20(26)27)8-12(11)21(28)29/h4-5,8,10,18,20-21,26,28H,6-7H2,1-3H3,(H,22,23)(H,24,25)/t10-,17-/m0/s1. The molecule has 0 aromatic heterocycles. The zero-order chi connectivity index (χ0) is 22.1. The van der Waals surface area contributed by atoms with Crippen molar-refractivity contribution in [3.63, 3.8) is 0 Å². The maximum Gasteiger partial charge on any atom is 0.352 e. The lowest BCUT2D eigenvalue weighted by Crippen LogP contribution is -3.00. The van der Waals surface area contributed by atoms with Crippen molar-refractivity contribution in [2.45, 2.75) is 33.6 Å². The summed E-state index contributed by atoms with van der Waals surface area (Å²) in [6, 6.07) is 3.28. The van der Waals surface area contributed by atoms with Crippen molar-refractivity contribution in [1.82, 2.24) is 0 Å². The van der Waals surface area contributed by atoms with E-state index in [1.54, 1.807) is 20.8 Å². The molecule has 0 spiro atoms. The van der Waals surface area contributed by atoms with E-state index in [0.717, 1.165) is 12.1 Å². The van der Waals surface area contributed by atoms with Gasteiger partial charge in [-0.1, -0.05) is 20.8 Å². The molecule has 12 nitrogen and oxygen atoms in total. The number of nitrogens with one attached hydrogen (secondary N) is 3. The first-order valence-corrected chi connectivity index (χ1v) is 8.74. The number of carboxylic acid groups (broad SMARTS) is 2. The number of hydrazone groups is 1. The highest BCUT2D eigenvalue weighted by molar-refractivity contribution is 6.38. The van der Waals surface area contributed by atoms with Gasteiger partial charge < -0.3 is 20.6 Å². The average molecular weight is 412 g/mol. The molecule has 4 atom stereocenters. The Bertz CT molecular complexity index is 839. The van der Waals surface area contributed by atoms with E-state index in [0.29, 0.717) is 0 Å². The monoisotopic (exact) mass is 412 g/mol. The fraction of sp³-hybridized carbons (Fsp3) is 0.471. The summed E-state index contributed by atoms with van der Waals surface area (Å²) >= 11 is 0. The number of aliphatic carboxylic acids is 2. The highest BCUT2D eigenvalue weighted by atomic mass is 16.8. The summed E-state index contributed by atoms with van der Waals surface area (Å²) in [4.78, 5) is 23.5. The predicted molar refractivity (Wildman–Crippen MR) is 98.9 cm³/mol. The molecule has 1 aliphatic rings. The second-order valence-electron chi connectivity index (χ2n) is 7.73. The van der Waals surface area contributed by atoms with Crippen LogP contribution < -0.4 is 15.9 Å². The van der Waals surface area contributed by atoms with Crippen LogP contribution in [-0.4, -0.2) is 38.3 Å². The first-order chi connectivity index (χ1) is 13.3. The lowest BCUT2D eigenvalue weighted by atomic mass is 9.63. The van der Waals surface area contributed by atoms with Crippen LogP contribution in [0.25, 0.3) is 0 Å². The number of benzene rings is 1. The van der Waals surface area contributed by atoms with Crippen LogP contribution >= 0.6 is 0 Å². The zero-order valence-electron chi connectivity index (χ0n) is 16.1. The van der Waals surface area contributed by atoms with E-state index in [2.05, 4.69) is 10.5 Å². The fourth-order valence-electron chi connectivity index (χ4n) is 3.83. The topological polar surface area (TPSA) is 194 Å². The smallest absolute Gasteiger partial charge is 0.352 e. The number of carbonyl (C=O) groups is 2. The number of hydrogen-bond acceptors (Lipinski definition) is 8. The Hall–Kier alpha value is -2.61. The number of hydrogen-bond donors (Lipinski definition) is 7. The third-order valence-corrected chi connectivity index (χ3v) is 6.03. The van der Waals surface area contributed by atoms with E-state index in [-0.39, 0.29) is 29.9 Å². The highest BCUT2D eigenvalue weighted by Gasteiger charge is 2.58. The fourth-order valence-corrected chi connectivity index (χ4v) is 3.83. The molecule has 12 heteroatoms. The maximum atomic E-state index is 11.9. The molecular formula is C17H24N4O8. The normalized spacial score (nSPS) is 26.0. The van der Waals surface area contributed by atoms with Crippen LogP contribution in [0.15, 0.2) is 23.3 Å². The number of rotatable bonds is 7. The lowest BCUT2D eigenvalue weighted by molar-refractivity contribution is -0.996. The molecule has 0 saturated heterocycles. The molecular weight excluding hydrogens is 388 g/mol. The molecule has 0 aliphatic heterocycles. The molecule has 1 aromatic rings. The van der Waals surface area contributed by atoms with Gasteiger partial charge in [-0.3, -0.25) is 10.2 Å². The van der Waals surface area contributed by atoms with E-state index in [1.807, 2.05) is 0 Å². The largest absolute Gasteiger partial charge is 0.595 e. The van der Waals surface area contributed by atoms with Crippen molar-refractivity contribution in [3.8, 4) is 0 Å². The van der Waals surface area contributed by atoms with Crippen LogP contribution in [0.5, 0.6) is 0 Å². The molecule has 1 aromatic carbocycles. The van der Waals surface area contributed by atoms with Crippen LogP contribution in [0.2, 0.25) is 0 Å². The van der Waals surface area contributed by atoms with E-state index < -0.39 is 44.8 Å².